The molecule has 3 nitrogen and oxygen atoms in total. The molecule has 1 aromatic carbocycles. The summed E-state index contributed by atoms with van der Waals surface area (Å²) in [7, 11) is 0. The van der Waals surface area contributed by atoms with Crippen molar-refractivity contribution in [1.29, 1.82) is 0 Å². The molecule has 1 amide bonds. The summed E-state index contributed by atoms with van der Waals surface area (Å²) < 4.78 is 0. The average Bonchev–Trinajstić information content (AvgIpc) is 2.29. The van der Waals surface area contributed by atoms with Crippen LogP contribution in [0.5, 0.6) is 0 Å². The first-order valence-electron chi connectivity index (χ1n) is 5.26. The summed E-state index contributed by atoms with van der Waals surface area (Å²) in [4.78, 5) is 12.4. The largest absolute Gasteiger partial charge is 0.273 e. The second-order valence-corrected chi connectivity index (χ2v) is 5.25. The molecule has 5 heteroatoms. The van der Waals surface area contributed by atoms with Crippen LogP contribution in [0.15, 0.2) is 34.3 Å². The maximum atomic E-state index is 11.3. The smallest absolute Gasteiger partial charge is 0.240 e. The first-order valence-corrected chi connectivity index (χ1v) is 6.62. The molecule has 1 aromatic rings. The van der Waals surface area contributed by atoms with Crippen LogP contribution in [0.4, 0.5) is 0 Å². The van der Waals surface area contributed by atoms with Crippen molar-refractivity contribution in [2.45, 2.75) is 25.2 Å². The summed E-state index contributed by atoms with van der Waals surface area (Å²) in [5.41, 5.74) is 3.33. The molecule has 92 valence electrons. The molecule has 0 bridgehead atoms. The molecule has 0 saturated heterocycles. The van der Waals surface area contributed by atoms with E-state index in [9.17, 15) is 4.79 Å². The number of rotatable bonds is 5. The van der Waals surface area contributed by atoms with Gasteiger partial charge in [0.1, 0.15) is 0 Å². The Hall–Kier alpha value is -1.00. The zero-order valence-corrected chi connectivity index (χ0v) is 11.4. The van der Waals surface area contributed by atoms with Gasteiger partial charge in [-0.15, -0.1) is 11.8 Å². The van der Waals surface area contributed by atoms with Gasteiger partial charge in [-0.05, 0) is 38.1 Å². The number of halogens is 1. The lowest BCUT2D eigenvalue weighted by Gasteiger charge is -2.01. The van der Waals surface area contributed by atoms with Gasteiger partial charge >= 0.3 is 0 Å². The highest BCUT2D eigenvalue weighted by Crippen LogP contribution is 2.20. The molecule has 0 aromatic heterocycles. The highest BCUT2D eigenvalue weighted by molar-refractivity contribution is 7.99. The van der Waals surface area contributed by atoms with E-state index in [-0.39, 0.29) is 5.91 Å². The summed E-state index contributed by atoms with van der Waals surface area (Å²) in [6, 6.07) is 7.57. The lowest BCUT2D eigenvalue weighted by Crippen LogP contribution is -2.18. The van der Waals surface area contributed by atoms with Gasteiger partial charge in [-0.3, -0.25) is 4.79 Å². The van der Waals surface area contributed by atoms with Gasteiger partial charge < -0.3 is 0 Å². The minimum Gasteiger partial charge on any atom is -0.273 e. The van der Waals surface area contributed by atoms with Crippen molar-refractivity contribution in [3.63, 3.8) is 0 Å². The molecule has 0 atom stereocenters. The lowest BCUT2D eigenvalue weighted by molar-refractivity contribution is -0.120. The molecule has 0 unspecified atom stereocenters. The molecule has 0 heterocycles. The molecule has 0 aliphatic carbocycles. The topological polar surface area (TPSA) is 41.5 Å². The van der Waals surface area contributed by atoms with Crippen molar-refractivity contribution in [2.75, 3.05) is 5.75 Å². The second kappa shape index (κ2) is 7.35. The molecule has 0 aliphatic rings. The standard InChI is InChI=1S/C12H15ClN2OS/c1-9(2)14-15-12(16)7-8-17-11-5-3-10(13)4-6-11/h3-6H,7-8H2,1-2H3,(H,15,16). The Kier molecular flexibility index (Phi) is 6.08. The van der Waals surface area contributed by atoms with Crippen molar-refractivity contribution in [3.05, 3.63) is 29.3 Å². The lowest BCUT2D eigenvalue weighted by atomic mass is 10.4. The number of carbonyl (C=O) groups excluding carboxylic acids is 1. The van der Waals surface area contributed by atoms with Crippen molar-refractivity contribution in [1.82, 2.24) is 5.43 Å². The van der Waals surface area contributed by atoms with Crippen LogP contribution in [-0.2, 0) is 4.79 Å². The van der Waals surface area contributed by atoms with E-state index in [1.54, 1.807) is 11.8 Å². The highest BCUT2D eigenvalue weighted by atomic mass is 35.5. The summed E-state index contributed by atoms with van der Waals surface area (Å²) in [6.07, 6.45) is 0.448. The van der Waals surface area contributed by atoms with Crippen molar-refractivity contribution < 1.29 is 4.79 Å². The summed E-state index contributed by atoms with van der Waals surface area (Å²) >= 11 is 7.40. The maximum Gasteiger partial charge on any atom is 0.240 e. The van der Waals surface area contributed by atoms with Gasteiger partial charge in [-0.25, -0.2) is 5.43 Å². The fourth-order valence-electron chi connectivity index (χ4n) is 1.02. The summed E-state index contributed by atoms with van der Waals surface area (Å²) in [6.45, 7) is 3.67. The van der Waals surface area contributed by atoms with Gasteiger partial charge in [0.05, 0.1) is 0 Å². The van der Waals surface area contributed by atoms with Gasteiger partial charge in [0, 0.05) is 27.8 Å². The molecule has 17 heavy (non-hydrogen) atoms. The third-order valence-electron chi connectivity index (χ3n) is 1.82. The number of hydrogen-bond donors (Lipinski definition) is 1. The zero-order valence-electron chi connectivity index (χ0n) is 9.87. The summed E-state index contributed by atoms with van der Waals surface area (Å²) in [5.74, 6) is 0.666. The van der Waals surface area contributed by atoms with E-state index < -0.39 is 0 Å². The third kappa shape index (κ3) is 6.34. The number of hydrazone groups is 1. The normalized spacial score (nSPS) is 9.82. The number of benzene rings is 1. The highest BCUT2D eigenvalue weighted by Gasteiger charge is 2.00. The van der Waals surface area contributed by atoms with E-state index in [0.717, 1.165) is 21.4 Å². The van der Waals surface area contributed by atoms with Crippen molar-refractivity contribution in [2.24, 2.45) is 5.10 Å². The van der Waals surface area contributed by atoms with Crippen LogP contribution in [0, 0.1) is 0 Å². The van der Waals surface area contributed by atoms with Crippen LogP contribution in [0.1, 0.15) is 20.3 Å². The number of nitrogens with zero attached hydrogens (tertiary/aromatic N) is 1. The fourth-order valence-corrected chi connectivity index (χ4v) is 2.00. The van der Waals surface area contributed by atoms with Crippen LogP contribution in [0.2, 0.25) is 5.02 Å². The Morgan fingerprint density at radius 2 is 2.00 bits per heavy atom. The monoisotopic (exact) mass is 270 g/mol. The van der Waals surface area contributed by atoms with Gasteiger partial charge in [0.2, 0.25) is 5.91 Å². The van der Waals surface area contributed by atoms with E-state index >= 15 is 0 Å². The Labute approximate surface area is 111 Å². The summed E-state index contributed by atoms with van der Waals surface area (Å²) in [5, 5.41) is 4.57. The molecular weight excluding hydrogens is 256 g/mol. The van der Waals surface area contributed by atoms with Gasteiger partial charge in [0.25, 0.3) is 0 Å². The number of carbonyl (C=O) groups is 1. The van der Waals surface area contributed by atoms with E-state index in [2.05, 4.69) is 10.5 Å². The van der Waals surface area contributed by atoms with E-state index in [1.165, 1.54) is 0 Å². The van der Waals surface area contributed by atoms with Crippen LogP contribution in [-0.4, -0.2) is 17.4 Å². The maximum absolute atomic E-state index is 11.3. The molecule has 0 aliphatic heterocycles. The van der Waals surface area contributed by atoms with Crippen LogP contribution in [0.3, 0.4) is 0 Å². The first kappa shape index (κ1) is 14.1. The second-order valence-electron chi connectivity index (χ2n) is 3.65. The first-order chi connectivity index (χ1) is 8.08. The van der Waals surface area contributed by atoms with E-state index in [4.69, 9.17) is 11.6 Å². The number of amides is 1. The Balaban J connectivity index is 2.26. The van der Waals surface area contributed by atoms with Gasteiger partial charge in [-0.1, -0.05) is 11.6 Å². The quantitative estimate of drug-likeness (QED) is 0.507. The molecular formula is C12H15ClN2OS. The minimum absolute atomic E-state index is 0.0623. The predicted octanol–water partition coefficient (Wildman–Crippen LogP) is 3.33. The molecule has 0 saturated carbocycles. The van der Waals surface area contributed by atoms with Crippen molar-refractivity contribution >= 4 is 35.0 Å². The molecule has 0 fully saturated rings. The van der Waals surface area contributed by atoms with Crippen molar-refractivity contribution in [3.8, 4) is 0 Å². The number of hydrogen-bond acceptors (Lipinski definition) is 3. The predicted molar refractivity (Wildman–Crippen MR) is 73.7 cm³/mol. The Bertz CT molecular complexity index is 399. The Morgan fingerprint density at radius 3 is 2.59 bits per heavy atom. The fraction of sp³-hybridized carbons (Fsp3) is 0.333. The molecule has 1 N–H and O–H groups in total. The third-order valence-corrected chi connectivity index (χ3v) is 3.08. The molecule has 0 spiro atoms. The Morgan fingerprint density at radius 1 is 1.35 bits per heavy atom. The molecule has 1 rings (SSSR count). The molecule has 0 radical (unpaired) electrons. The van der Waals surface area contributed by atoms with Crippen LogP contribution in [0.25, 0.3) is 0 Å². The minimum atomic E-state index is -0.0623. The van der Waals surface area contributed by atoms with Gasteiger partial charge in [-0.2, -0.15) is 5.10 Å². The van der Waals surface area contributed by atoms with Crippen LogP contribution >= 0.6 is 23.4 Å². The van der Waals surface area contributed by atoms with Crippen LogP contribution < -0.4 is 5.43 Å². The number of nitrogens with one attached hydrogen (secondary N) is 1. The van der Waals surface area contributed by atoms with E-state index in [1.807, 2.05) is 38.1 Å². The van der Waals surface area contributed by atoms with E-state index in [0.29, 0.717) is 6.42 Å². The zero-order chi connectivity index (χ0) is 12.7. The number of thioether (sulfide) groups is 1. The SMILES string of the molecule is CC(C)=NNC(=O)CCSc1ccc(Cl)cc1. The van der Waals surface area contributed by atoms with Gasteiger partial charge in [0.15, 0.2) is 0 Å². The average molecular weight is 271 g/mol.